The number of halogens is 1. The van der Waals surface area contributed by atoms with Crippen LogP contribution in [-0.2, 0) is 20.6 Å². The summed E-state index contributed by atoms with van der Waals surface area (Å²) in [6.07, 6.45) is 11.9. The fraction of sp³-hybridized carbons (Fsp3) is 0.739. The second-order valence-corrected chi connectivity index (χ2v) is 7.03. The van der Waals surface area contributed by atoms with Crippen LogP contribution in [-0.4, -0.2) is 25.8 Å². The van der Waals surface area contributed by atoms with Crippen LogP contribution < -0.4 is 0 Å². The Kier molecular flexibility index (Phi) is 14.3. The quantitative estimate of drug-likeness (QED) is 0.223. The predicted octanol–water partition coefficient (Wildman–Crippen LogP) is 6.64. The Morgan fingerprint density at radius 3 is 1.96 bits per heavy atom. The molecular weight excluding hydrogens is 343 g/mol. The minimum atomic E-state index is -0.595. The van der Waals surface area contributed by atoms with Crippen molar-refractivity contribution in [3.8, 4) is 0 Å². The Balaban J connectivity index is 2.44. The van der Waals surface area contributed by atoms with E-state index in [1.807, 2.05) is 26.0 Å². The van der Waals surface area contributed by atoms with Crippen LogP contribution in [0.3, 0.4) is 0 Å². The lowest BCUT2D eigenvalue weighted by Gasteiger charge is -2.24. The summed E-state index contributed by atoms with van der Waals surface area (Å²) in [5.74, 6) is -0.192. The number of benzene rings is 1. The molecule has 0 aromatic heterocycles. The molecule has 0 aliphatic carbocycles. The van der Waals surface area contributed by atoms with Crippen molar-refractivity contribution in [2.75, 3.05) is 13.2 Å². The molecule has 0 saturated carbocycles. The first-order chi connectivity index (χ1) is 13.2. The summed E-state index contributed by atoms with van der Waals surface area (Å²) < 4.78 is 30.3. The Hall–Kier alpha value is -0.970. The van der Waals surface area contributed by atoms with Gasteiger partial charge in [0.25, 0.3) is 6.48 Å². The van der Waals surface area contributed by atoms with Crippen LogP contribution in [0.25, 0.3) is 0 Å². The highest BCUT2D eigenvalue weighted by Gasteiger charge is 2.17. The van der Waals surface area contributed by atoms with Gasteiger partial charge in [0.2, 0.25) is 0 Å². The van der Waals surface area contributed by atoms with Crippen LogP contribution in [0.5, 0.6) is 0 Å². The number of aryl methyl sites for hydroxylation is 1. The van der Waals surface area contributed by atoms with Crippen molar-refractivity contribution in [1.82, 2.24) is 0 Å². The van der Waals surface area contributed by atoms with Gasteiger partial charge < -0.3 is 14.2 Å². The summed E-state index contributed by atoms with van der Waals surface area (Å²) in [4.78, 5) is 0. The Morgan fingerprint density at radius 2 is 1.37 bits per heavy atom. The maximum Gasteiger partial charge on any atom is 0.271 e. The SMILES string of the molecule is CCCCCCCCCC(CCc1ccc(F)cc1)OC(OCC)OCC. The van der Waals surface area contributed by atoms with E-state index in [4.69, 9.17) is 14.2 Å². The molecular formula is C23H39FO3. The van der Waals surface area contributed by atoms with Crippen molar-refractivity contribution in [2.45, 2.75) is 97.6 Å². The topological polar surface area (TPSA) is 27.7 Å². The summed E-state index contributed by atoms with van der Waals surface area (Å²) in [5, 5.41) is 0. The van der Waals surface area contributed by atoms with E-state index in [0.29, 0.717) is 13.2 Å². The Morgan fingerprint density at radius 1 is 0.778 bits per heavy atom. The second kappa shape index (κ2) is 16.0. The van der Waals surface area contributed by atoms with Gasteiger partial charge in [0.15, 0.2) is 0 Å². The van der Waals surface area contributed by atoms with E-state index in [0.717, 1.165) is 31.2 Å². The zero-order chi connectivity index (χ0) is 19.7. The van der Waals surface area contributed by atoms with Gasteiger partial charge in [-0.3, -0.25) is 0 Å². The molecule has 1 aromatic rings. The monoisotopic (exact) mass is 382 g/mol. The number of ether oxygens (including phenoxy) is 3. The van der Waals surface area contributed by atoms with Gasteiger partial charge >= 0.3 is 0 Å². The third-order valence-electron chi connectivity index (χ3n) is 4.71. The summed E-state index contributed by atoms with van der Waals surface area (Å²) >= 11 is 0. The molecule has 0 bridgehead atoms. The van der Waals surface area contributed by atoms with Crippen LogP contribution in [0.2, 0.25) is 0 Å². The predicted molar refractivity (Wildman–Crippen MR) is 109 cm³/mol. The third-order valence-corrected chi connectivity index (χ3v) is 4.71. The molecule has 3 nitrogen and oxygen atoms in total. The van der Waals surface area contributed by atoms with E-state index in [1.165, 1.54) is 50.7 Å². The maximum atomic E-state index is 13.1. The van der Waals surface area contributed by atoms with Crippen molar-refractivity contribution in [3.63, 3.8) is 0 Å². The number of hydrogen-bond acceptors (Lipinski definition) is 3. The zero-order valence-corrected chi connectivity index (χ0v) is 17.6. The van der Waals surface area contributed by atoms with Crippen LogP contribution in [0, 0.1) is 5.82 Å². The molecule has 0 aliphatic rings. The number of rotatable bonds is 17. The minimum absolute atomic E-state index is 0.0915. The fourth-order valence-electron chi connectivity index (χ4n) is 3.14. The lowest BCUT2D eigenvalue weighted by molar-refractivity contribution is -0.302. The van der Waals surface area contributed by atoms with Crippen molar-refractivity contribution >= 4 is 0 Å². The maximum absolute atomic E-state index is 13.1. The van der Waals surface area contributed by atoms with Crippen LogP contribution in [0.1, 0.15) is 84.1 Å². The molecule has 0 radical (unpaired) electrons. The van der Waals surface area contributed by atoms with Crippen molar-refractivity contribution in [2.24, 2.45) is 0 Å². The van der Waals surface area contributed by atoms with Gasteiger partial charge in [0.05, 0.1) is 6.10 Å². The number of hydrogen-bond donors (Lipinski definition) is 0. The summed E-state index contributed by atoms with van der Waals surface area (Å²) in [7, 11) is 0. The fourth-order valence-corrected chi connectivity index (χ4v) is 3.14. The van der Waals surface area contributed by atoms with Gasteiger partial charge in [-0.05, 0) is 50.8 Å². The van der Waals surface area contributed by atoms with E-state index >= 15 is 0 Å². The molecule has 0 fully saturated rings. The molecule has 156 valence electrons. The average Bonchev–Trinajstić information content (AvgIpc) is 2.66. The molecule has 0 N–H and O–H groups in total. The van der Waals surface area contributed by atoms with Crippen LogP contribution >= 0.6 is 0 Å². The smallest absolute Gasteiger partial charge is 0.271 e. The second-order valence-electron chi connectivity index (χ2n) is 7.03. The van der Waals surface area contributed by atoms with E-state index in [1.54, 1.807) is 0 Å². The largest absolute Gasteiger partial charge is 0.330 e. The van der Waals surface area contributed by atoms with Gasteiger partial charge in [-0.15, -0.1) is 0 Å². The summed E-state index contributed by atoms with van der Waals surface area (Å²) in [6, 6.07) is 6.74. The summed E-state index contributed by atoms with van der Waals surface area (Å²) in [5.41, 5.74) is 1.13. The third kappa shape index (κ3) is 12.2. The minimum Gasteiger partial charge on any atom is -0.330 e. The first-order valence-corrected chi connectivity index (χ1v) is 10.8. The molecule has 1 rings (SSSR count). The van der Waals surface area contributed by atoms with Gasteiger partial charge in [0, 0.05) is 13.2 Å². The average molecular weight is 383 g/mol. The van der Waals surface area contributed by atoms with Gasteiger partial charge in [-0.25, -0.2) is 4.39 Å². The lowest BCUT2D eigenvalue weighted by Crippen LogP contribution is -2.28. The highest BCUT2D eigenvalue weighted by molar-refractivity contribution is 5.16. The van der Waals surface area contributed by atoms with E-state index in [9.17, 15) is 4.39 Å². The first-order valence-electron chi connectivity index (χ1n) is 10.8. The Bertz CT molecular complexity index is 443. The van der Waals surface area contributed by atoms with Gasteiger partial charge in [0.1, 0.15) is 5.82 Å². The first kappa shape index (κ1) is 24.1. The van der Waals surface area contributed by atoms with Crippen molar-refractivity contribution in [3.05, 3.63) is 35.6 Å². The van der Waals surface area contributed by atoms with E-state index in [-0.39, 0.29) is 11.9 Å². The standard InChI is InChI=1S/C23H39FO3/c1-4-7-8-9-10-11-12-13-22(27-23(25-5-2)26-6-3)19-16-20-14-17-21(24)18-15-20/h14-15,17-18,22-23H,4-13,16,19H2,1-3H3. The summed E-state index contributed by atoms with van der Waals surface area (Å²) in [6.45, 7) is 6.66. The van der Waals surface area contributed by atoms with Crippen LogP contribution in [0.15, 0.2) is 24.3 Å². The molecule has 0 aliphatic heterocycles. The highest BCUT2D eigenvalue weighted by Crippen LogP contribution is 2.18. The molecule has 1 atom stereocenters. The zero-order valence-electron chi connectivity index (χ0n) is 17.6. The van der Waals surface area contributed by atoms with E-state index in [2.05, 4.69) is 6.92 Å². The molecule has 27 heavy (non-hydrogen) atoms. The molecule has 1 unspecified atom stereocenters. The molecule has 0 spiro atoms. The normalized spacial score (nSPS) is 12.6. The molecule has 0 amide bonds. The van der Waals surface area contributed by atoms with Gasteiger partial charge in [-0.1, -0.05) is 64.0 Å². The number of unbranched alkanes of at least 4 members (excludes halogenated alkanes) is 6. The van der Waals surface area contributed by atoms with Gasteiger partial charge in [-0.2, -0.15) is 0 Å². The Labute approximate surface area is 165 Å². The van der Waals surface area contributed by atoms with Crippen molar-refractivity contribution < 1.29 is 18.6 Å². The molecule has 0 saturated heterocycles. The van der Waals surface area contributed by atoms with Crippen molar-refractivity contribution in [1.29, 1.82) is 0 Å². The molecule has 4 heteroatoms. The highest BCUT2D eigenvalue weighted by atomic mass is 19.1. The van der Waals surface area contributed by atoms with E-state index < -0.39 is 6.48 Å². The molecule has 1 aromatic carbocycles. The molecule has 0 heterocycles. The van der Waals surface area contributed by atoms with Crippen LogP contribution in [0.4, 0.5) is 4.39 Å². The lowest BCUT2D eigenvalue weighted by atomic mass is 10.0.